The third kappa shape index (κ3) is 1.44. The zero-order valence-electron chi connectivity index (χ0n) is 8.20. The molecule has 0 bridgehead atoms. The Morgan fingerprint density at radius 1 is 1.29 bits per heavy atom. The molecule has 1 N–H and O–H groups in total. The second kappa shape index (κ2) is 3.50. The van der Waals surface area contributed by atoms with Gasteiger partial charge in [-0.05, 0) is 29.9 Å². The number of anilines is 1. The summed E-state index contributed by atoms with van der Waals surface area (Å²) >= 11 is 0. The third-order valence-electron chi connectivity index (χ3n) is 2.26. The Labute approximate surface area is 85.2 Å². The fourth-order valence-electron chi connectivity index (χ4n) is 1.42. The Morgan fingerprint density at radius 2 is 2.07 bits per heavy atom. The third-order valence-corrected chi connectivity index (χ3v) is 2.88. The molecule has 0 saturated carbocycles. The van der Waals surface area contributed by atoms with Crippen LogP contribution in [0.1, 0.15) is 5.56 Å². The number of hydrogen-bond acceptors (Lipinski definition) is 3. The van der Waals surface area contributed by atoms with Crippen molar-refractivity contribution in [2.45, 2.75) is 6.92 Å². The van der Waals surface area contributed by atoms with Crippen LogP contribution >= 0.6 is 9.24 Å². The van der Waals surface area contributed by atoms with Crippen LogP contribution in [-0.4, -0.2) is 17.0 Å². The van der Waals surface area contributed by atoms with Crippen molar-refractivity contribution in [1.29, 1.82) is 0 Å². The van der Waals surface area contributed by atoms with E-state index in [9.17, 15) is 0 Å². The van der Waals surface area contributed by atoms with Crippen molar-refractivity contribution in [2.24, 2.45) is 0 Å². The van der Waals surface area contributed by atoms with E-state index >= 15 is 0 Å². The maximum atomic E-state index is 4.23. The van der Waals surface area contributed by atoms with Gasteiger partial charge in [0.15, 0.2) is 0 Å². The van der Waals surface area contributed by atoms with Crippen molar-refractivity contribution >= 4 is 31.3 Å². The van der Waals surface area contributed by atoms with Crippen LogP contribution in [-0.2, 0) is 0 Å². The van der Waals surface area contributed by atoms with Gasteiger partial charge in [-0.2, -0.15) is 0 Å². The minimum Gasteiger partial charge on any atom is -0.373 e. The first-order valence-corrected chi connectivity index (χ1v) is 4.98. The van der Waals surface area contributed by atoms with Gasteiger partial charge in [-0.1, -0.05) is 0 Å². The highest BCUT2D eigenvalue weighted by atomic mass is 31.0. The van der Waals surface area contributed by atoms with Gasteiger partial charge in [-0.3, -0.25) is 0 Å². The molecule has 1 atom stereocenters. The molecule has 14 heavy (non-hydrogen) atoms. The molecule has 0 aliphatic heterocycles. The number of aryl methyl sites for hydroxylation is 1. The van der Waals surface area contributed by atoms with E-state index in [4.69, 9.17) is 0 Å². The molecule has 0 aliphatic rings. The molecular formula is C10H12N3P. The van der Waals surface area contributed by atoms with Gasteiger partial charge in [0.05, 0.1) is 5.52 Å². The summed E-state index contributed by atoms with van der Waals surface area (Å²) in [5.74, 6) is 0.874. The Balaban J connectivity index is 2.81. The summed E-state index contributed by atoms with van der Waals surface area (Å²) in [7, 11) is 4.58. The number of aromatic nitrogens is 2. The molecule has 3 nitrogen and oxygen atoms in total. The Morgan fingerprint density at radius 3 is 2.79 bits per heavy atom. The van der Waals surface area contributed by atoms with E-state index in [1.54, 1.807) is 6.33 Å². The lowest BCUT2D eigenvalue weighted by molar-refractivity contribution is 1.21. The monoisotopic (exact) mass is 205 g/mol. The smallest absolute Gasteiger partial charge is 0.137 e. The predicted molar refractivity (Wildman–Crippen MR) is 63.2 cm³/mol. The van der Waals surface area contributed by atoms with Crippen molar-refractivity contribution in [3.05, 3.63) is 24.0 Å². The minimum absolute atomic E-state index is 0.874. The largest absolute Gasteiger partial charge is 0.373 e. The molecule has 1 unspecified atom stereocenters. The van der Waals surface area contributed by atoms with Crippen LogP contribution in [0.2, 0.25) is 0 Å². The minimum atomic E-state index is 0.874. The zero-order valence-corrected chi connectivity index (χ0v) is 9.36. The highest BCUT2D eigenvalue weighted by molar-refractivity contribution is 7.27. The topological polar surface area (TPSA) is 37.8 Å². The highest BCUT2D eigenvalue weighted by Gasteiger charge is 2.03. The number of hydrogen-bond donors (Lipinski definition) is 1. The number of nitrogens with one attached hydrogen (secondary N) is 1. The van der Waals surface area contributed by atoms with Gasteiger partial charge in [-0.25, -0.2) is 9.97 Å². The molecule has 1 aromatic heterocycles. The van der Waals surface area contributed by atoms with Gasteiger partial charge >= 0.3 is 0 Å². The van der Waals surface area contributed by atoms with Crippen LogP contribution in [0, 0.1) is 6.92 Å². The molecule has 1 aromatic carbocycles. The molecule has 0 saturated heterocycles. The van der Waals surface area contributed by atoms with E-state index < -0.39 is 0 Å². The van der Waals surface area contributed by atoms with Gasteiger partial charge in [0.25, 0.3) is 0 Å². The molecule has 0 spiro atoms. The van der Waals surface area contributed by atoms with Crippen molar-refractivity contribution in [3.8, 4) is 0 Å². The van der Waals surface area contributed by atoms with Crippen LogP contribution in [0.15, 0.2) is 18.5 Å². The lowest BCUT2D eigenvalue weighted by Crippen LogP contribution is -2.01. The van der Waals surface area contributed by atoms with Gasteiger partial charge in [0.2, 0.25) is 0 Å². The number of nitrogens with zero attached hydrogens (tertiary/aromatic N) is 2. The predicted octanol–water partition coefficient (Wildman–Crippen LogP) is 1.48. The summed E-state index contributed by atoms with van der Waals surface area (Å²) in [4.78, 5) is 8.40. The van der Waals surface area contributed by atoms with E-state index in [2.05, 4.69) is 43.6 Å². The van der Waals surface area contributed by atoms with Crippen LogP contribution < -0.4 is 10.6 Å². The maximum Gasteiger partial charge on any atom is 0.137 e. The second-order valence-corrected chi connectivity index (χ2v) is 3.82. The summed E-state index contributed by atoms with van der Waals surface area (Å²) in [6.07, 6.45) is 1.58. The molecule has 4 heteroatoms. The standard InChI is InChI=1S/C10H12N3P/c1-6-3-8-7(4-9(6)14)10(11-2)13-5-12-8/h3-5H,14H2,1-2H3,(H,11,12,13). The quantitative estimate of drug-likeness (QED) is 0.716. The van der Waals surface area contributed by atoms with Crippen molar-refractivity contribution in [1.82, 2.24) is 9.97 Å². The first kappa shape index (κ1) is 9.35. The average molecular weight is 205 g/mol. The first-order chi connectivity index (χ1) is 6.72. The lowest BCUT2D eigenvalue weighted by Gasteiger charge is -2.06. The van der Waals surface area contributed by atoms with E-state index in [1.807, 2.05) is 7.05 Å². The second-order valence-electron chi connectivity index (χ2n) is 3.20. The van der Waals surface area contributed by atoms with Crippen LogP contribution in [0.25, 0.3) is 10.9 Å². The molecule has 2 rings (SSSR count). The normalized spacial score (nSPS) is 10.5. The Kier molecular flexibility index (Phi) is 2.34. The molecule has 0 amide bonds. The van der Waals surface area contributed by atoms with Crippen molar-refractivity contribution < 1.29 is 0 Å². The van der Waals surface area contributed by atoms with E-state index in [0.717, 1.165) is 16.7 Å². The zero-order chi connectivity index (χ0) is 10.1. The van der Waals surface area contributed by atoms with Gasteiger partial charge in [0.1, 0.15) is 12.1 Å². The first-order valence-electron chi connectivity index (χ1n) is 4.41. The highest BCUT2D eigenvalue weighted by Crippen LogP contribution is 2.19. The number of benzene rings is 1. The SMILES string of the molecule is CNc1ncnc2cc(C)c(P)cc12. The van der Waals surface area contributed by atoms with E-state index in [0.29, 0.717) is 0 Å². The van der Waals surface area contributed by atoms with Gasteiger partial charge in [-0.15, -0.1) is 9.24 Å². The summed E-state index contributed by atoms with van der Waals surface area (Å²) in [6, 6.07) is 4.15. The number of fused-ring (bicyclic) bond motifs is 1. The Hall–Kier alpha value is -1.21. The average Bonchev–Trinajstić information content (AvgIpc) is 2.19. The lowest BCUT2D eigenvalue weighted by atomic mass is 10.1. The molecule has 0 fully saturated rings. The molecule has 1 heterocycles. The van der Waals surface area contributed by atoms with Gasteiger partial charge in [0, 0.05) is 12.4 Å². The maximum absolute atomic E-state index is 4.23. The molecule has 0 radical (unpaired) electrons. The molecule has 2 aromatic rings. The summed E-state index contributed by atoms with van der Waals surface area (Å²) in [6.45, 7) is 2.07. The Bertz CT molecular complexity index is 482. The van der Waals surface area contributed by atoms with Crippen LogP contribution in [0.3, 0.4) is 0 Å². The fourth-order valence-corrected chi connectivity index (χ4v) is 1.67. The molecular weight excluding hydrogens is 193 g/mol. The summed E-state index contributed by atoms with van der Waals surface area (Å²) in [5.41, 5.74) is 2.20. The van der Waals surface area contributed by atoms with Crippen LogP contribution in [0.4, 0.5) is 5.82 Å². The van der Waals surface area contributed by atoms with Crippen molar-refractivity contribution in [3.63, 3.8) is 0 Å². The van der Waals surface area contributed by atoms with E-state index in [1.165, 1.54) is 10.9 Å². The van der Waals surface area contributed by atoms with E-state index in [-0.39, 0.29) is 0 Å². The summed E-state index contributed by atoms with van der Waals surface area (Å²) in [5, 5.41) is 5.30. The van der Waals surface area contributed by atoms with Crippen molar-refractivity contribution in [2.75, 3.05) is 12.4 Å². The fraction of sp³-hybridized carbons (Fsp3) is 0.200. The molecule has 0 aliphatic carbocycles. The molecule has 72 valence electrons. The summed E-state index contributed by atoms with van der Waals surface area (Å²) < 4.78 is 0. The van der Waals surface area contributed by atoms with Crippen LogP contribution in [0.5, 0.6) is 0 Å². The number of rotatable bonds is 1. The van der Waals surface area contributed by atoms with Gasteiger partial charge < -0.3 is 5.32 Å².